The van der Waals surface area contributed by atoms with E-state index >= 15 is 0 Å². The van der Waals surface area contributed by atoms with Crippen molar-refractivity contribution in [2.75, 3.05) is 13.1 Å². The first-order valence-electron chi connectivity index (χ1n) is 5.11. The van der Waals surface area contributed by atoms with Crippen LogP contribution >= 0.6 is 0 Å². The second kappa shape index (κ2) is 3.96. The number of hydrogen-bond acceptors (Lipinski definition) is 3. The third-order valence-electron chi connectivity index (χ3n) is 3.02. The molecule has 1 aromatic heterocycles. The number of amides is 1. The topological polar surface area (TPSA) is 86.3 Å². The van der Waals surface area contributed by atoms with E-state index in [2.05, 4.69) is 10.2 Å². The van der Waals surface area contributed by atoms with Crippen molar-refractivity contribution < 1.29 is 14.7 Å². The van der Waals surface area contributed by atoms with Crippen molar-refractivity contribution in [3.8, 4) is 0 Å². The lowest BCUT2D eigenvalue weighted by molar-refractivity contribution is -0.144. The van der Waals surface area contributed by atoms with E-state index < -0.39 is 11.9 Å². The van der Waals surface area contributed by atoms with Gasteiger partial charge in [0.2, 0.25) is 0 Å². The summed E-state index contributed by atoms with van der Waals surface area (Å²) >= 11 is 0. The number of hydrogen-bond donors (Lipinski definition) is 2. The summed E-state index contributed by atoms with van der Waals surface area (Å²) in [6, 6.07) is 1.61. The van der Waals surface area contributed by atoms with Gasteiger partial charge in [0.25, 0.3) is 5.91 Å². The van der Waals surface area contributed by atoms with Gasteiger partial charge in [-0.2, -0.15) is 5.10 Å². The van der Waals surface area contributed by atoms with Crippen molar-refractivity contribution in [2.45, 2.75) is 6.92 Å². The molecule has 1 aliphatic rings. The summed E-state index contributed by atoms with van der Waals surface area (Å²) in [6.45, 7) is 2.68. The lowest BCUT2D eigenvalue weighted by atomic mass is 9.87. The van der Waals surface area contributed by atoms with Crippen molar-refractivity contribution in [1.82, 2.24) is 15.1 Å². The van der Waals surface area contributed by atoms with Gasteiger partial charge in [-0.1, -0.05) is 6.92 Å². The number of carbonyl (C=O) groups is 2. The van der Waals surface area contributed by atoms with Crippen LogP contribution in [0.4, 0.5) is 0 Å². The van der Waals surface area contributed by atoms with E-state index in [1.807, 2.05) is 0 Å². The fourth-order valence-electron chi connectivity index (χ4n) is 1.74. The molecule has 2 N–H and O–H groups in total. The molecule has 0 saturated carbocycles. The Labute approximate surface area is 92.3 Å². The average Bonchev–Trinajstić information content (AvgIpc) is 2.67. The highest BCUT2D eigenvalue weighted by Gasteiger charge is 2.37. The number of aromatic amines is 1. The third kappa shape index (κ3) is 1.78. The smallest absolute Gasteiger partial charge is 0.306 e. The quantitative estimate of drug-likeness (QED) is 0.766. The number of carboxylic acid groups (broad SMARTS) is 1. The van der Waals surface area contributed by atoms with E-state index in [9.17, 15) is 9.59 Å². The maximum atomic E-state index is 11.7. The number of likely N-dealkylation sites (tertiary alicyclic amines) is 1. The van der Waals surface area contributed by atoms with Gasteiger partial charge in [-0.3, -0.25) is 14.7 Å². The van der Waals surface area contributed by atoms with E-state index in [1.54, 1.807) is 17.9 Å². The number of nitrogens with zero attached hydrogens (tertiary/aromatic N) is 2. The molecular weight excluding hydrogens is 210 g/mol. The zero-order chi connectivity index (χ0) is 11.7. The van der Waals surface area contributed by atoms with E-state index in [0.29, 0.717) is 18.8 Å². The van der Waals surface area contributed by atoms with Gasteiger partial charge < -0.3 is 10.0 Å². The summed E-state index contributed by atoms with van der Waals surface area (Å²) in [5.41, 5.74) is 0.446. The normalized spacial score (nSPS) is 17.9. The molecule has 1 aromatic rings. The number of rotatable bonds is 3. The first kappa shape index (κ1) is 10.7. The second-order valence-corrected chi connectivity index (χ2v) is 4.07. The molecule has 0 aliphatic carbocycles. The molecule has 6 nitrogen and oxygen atoms in total. The van der Waals surface area contributed by atoms with E-state index in [1.165, 1.54) is 6.20 Å². The Hall–Kier alpha value is -1.85. The molecule has 0 spiro atoms. The molecule has 1 fully saturated rings. The van der Waals surface area contributed by atoms with Gasteiger partial charge >= 0.3 is 5.97 Å². The first-order valence-corrected chi connectivity index (χ1v) is 5.11. The summed E-state index contributed by atoms with van der Waals surface area (Å²) < 4.78 is 0. The van der Waals surface area contributed by atoms with Gasteiger partial charge in [0.15, 0.2) is 0 Å². The molecule has 1 amide bonds. The van der Waals surface area contributed by atoms with Crippen molar-refractivity contribution >= 4 is 11.9 Å². The molecule has 2 heterocycles. The van der Waals surface area contributed by atoms with Gasteiger partial charge in [-0.05, 0) is 6.07 Å². The minimum Gasteiger partial charge on any atom is -0.481 e. The van der Waals surface area contributed by atoms with Gasteiger partial charge in [-0.15, -0.1) is 0 Å². The predicted octanol–water partition coefficient (Wildman–Crippen LogP) is 0.202. The van der Waals surface area contributed by atoms with Gasteiger partial charge in [-0.25, -0.2) is 0 Å². The van der Waals surface area contributed by atoms with E-state index in [4.69, 9.17) is 5.11 Å². The molecule has 0 radical (unpaired) electrons. The van der Waals surface area contributed by atoms with Crippen LogP contribution in [0.2, 0.25) is 0 Å². The van der Waals surface area contributed by atoms with Crippen LogP contribution in [0.15, 0.2) is 12.3 Å². The van der Waals surface area contributed by atoms with Crippen LogP contribution in [-0.4, -0.2) is 45.2 Å². The fourth-order valence-corrected chi connectivity index (χ4v) is 1.74. The Morgan fingerprint density at radius 2 is 2.31 bits per heavy atom. The van der Waals surface area contributed by atoms with E-state index in [-0.39, 0.29) is 11.8 Å². The Kier molecular flexibility index (Phi) is 2.64. The van der Waals surface area contributed by atoms with Crippen molar-refractivity contribution in [2.24, 2.45) is 11.8 Å². The van der Waals surface area contributed by atoms with Crippen LogP contribution in [0.1, 0.15) is 17.4 Å². The summed E-state index contributed by atoms with van der Waals surface area (Å²) in [5, 5.41) is 15.1. The number of carbonyl (C=O) groups excluding carboxylic acids is 1. The zero-order valence-electron chi connectivity index (χ0n) is 8.88. The van der Waals surface area contributed by atoms with Crippen LogP contribution in [0.25, 0.3) is 0 Å². The molecule has 86 valence electrons. The molecule has 1 unspecified atom stereocenters. The summed E-state index contributed by atoms with van der Waals surface area (Å²) in [7, 11) is 0. The van der Waals surface area contributed by atoms with Crippen molar-refractivity contribution in [1.29, 1.82) is 0 Å². The lowest BCUT2D eigenvalue weighted by Gasteiger charge is -2.40. The maximum absolute atomic E-state index is 11.7. The fraction of sp³-hybridized carbons (Fsp3) is 0.500. The van der Waals surface area contributed by atoms with Gasteiger partial charge in [0.05, 0.1) is 5.92 Å². The number of aliphatic carboxylic acids is 1. The number of H-pyrrole nitrogens is 1. The summed E-state index contributed by atoms with van der Waals surface area (Å²) in [4.78, 5) is 24.1. The largest absolute Gasteiger partial charge is 0.481 e. The molecule has 1 atom stereocenters. The molecule has 16 heavy (non-hydrogen) atoms. The third-order valence-corrected chi connectivity index (χ3v) is 3.02. The standard InChI is InChI=1S/C10H13N3O3/c1-6(10(15)16)7-4-13(5-7)9(14)8-2-3-11-12-8/h2-3,6-7H,4-5H2,1H3,(H,11,12)(H,15,16). The Balaban J connectivity index is 1.89. The van der Waals surface area contributed by atoms with Gasteiger partial charge in [0.1, 0.15) is 5.69 Å². The molecule has 1 saturated heterocycles. The van der Waals surface area contributed by atoms with E-state index in [0.717, 1.165) is 0 Å². The first-order chi connectivity index (χ1) is 7.59. The number of aromatic nitrogens is 2. The Bertz CT molecular complexity index is 395. The Morgan fingerprint density at radius 1 is 1.62 bits per heavy atom. The maximum Gasteiger partial charge on any atom is 0.306 e. The summed E-state index contributed by atoms with van der Waals surface area (Å²) in [6.07, 6.45) is 1.52. The van der Waals surface area contributed by atoms with Crippen LogP contribution in [0, 0.1) is 11.8 Å². The van der Waals surface area contributed by atoms with Crippen LogP contribution in [0.5, 0.6) is 0 Å². The highest BCUT2D eigenvalue weighted by Crippen LogP contribution is 2.25. The lowest BCUT2D eigenvalue weighted by Crippen LogP contribution is -2.53. The monoisotopic (exact) mass is 223 g/mol. The highest BCUT2D eigenvalue weighted by atomic mass is 16.4. The van der Waals surface area contributed by atoms with Crippen molar-refractivity contribution in [3.05, 3.63) is 18.0 Å². The molecule has 1 aliphatic heterocycles. The minimum atomic E-state index is -0.807. The zero-order valence-corrected chi connectivity index (χ0v) is 8.88. The average molecular weight is 223 g/mol. The predicted molar refractivity (Wildman–Crippen MR) is 54.8 cm³/mol. The van der Waals surface area contributed by atoms with Crippen LogP contribution < -0.4 is 0 Å². The van der Waals surface area contributed by atoms with Crippen molar-refractivity contribution in [3.63, 3.8) is 0 Å². The number of nitrogens with one attached hydrogen (secondary N) is 1. The SMILES string of the molecule is CC(C(=O)O)C1CN(C(=O)c2ccn[nH]2)C1. The van der Waals surface area contributed by atoms with Crippen LogP contribution in [0.3, 0.4) is 0 Å². The molecule has 0 aromatic carbocycles. The molecule has 6 heteroatoms. The highest BCUT2D eigenvalue weighted by molar-refractivity contribution is 5.92. The Morgan fingerprint density at radius 3 is 2.81 bits per heavy atom. The summed E-state index contributed by atoms with van der Waals surface area (Å²) in [5.74, 6) is -1.26. The number of carboxylic acids is 1. The second-order valence-electron chi connectivity index (χ2n) is 4.07. The van der Waals surface area contributed by atoms with Gasteiger partial charge in [0, 0.05) is 25.2 Å². The molecular formula is C10H13N3O3. The molecule has 2 rings (SSSR count). The molecule has 0 bridgehead atoms. The van der Waals surface area contributed by atoms with Crippen LogP contribution in [-0.2, 0) is 4.79 Å². The minimum absolute atomic E-state index is 0.0596.